The molecule has 192 valence electrons. The highest BCUT2D eigenvalue weighted by atomic mass is 35.5. The molecule has 3 fully saturated rings. The molecule has 3 aliphatic heterocycles. The second-order valence-electron chi connectivity index (χ2n) is 10.6. The predicted molar refractivity (Wildman–Crippen MR) is 136 cm³/mol. The van der Waals surface area contributed by atoms with Gasteiger partial charge in [0.1, 0.15) is 5.60 Å². The van der Waals surface area contributed by atoms with Crippen LogP contribution in [0.15, 0.2) is 6.07 Å². The Bertz CT molecular complexity index is 1060. The van der Waals surface area contributed by atoms with E-state index in [0.29, 0.717) is 32.9 Å². The largest absolute Gasteiger partial charge is 0.444 e. The van der Waals surface area contributed by atoms with E-state index in [4.69, 9.17) is 25.8 Å². The third-order valence-electron chi connectivity index (χ3n) is 6.72. The van der Waals surface area contributed by atoms with E-state index in [1.54, 1.807) is 16.2 Å². The molecule has 0 radical (unpaired) electrons. The molecular weight excluding hydrogens is 490 g/mol. The number of aromatic nitrogens is 2. The van der Waals surface area contributed by atoms with Gasteiger partial charge in [-0.2, -0.15) is 4.98 Å². The number of thiophene rings is 1. The Hall–Kier alpha value is -1.72. The van der Waals surface area contributed by atoms with Crippen LogP contribution in [-0.4, -0.2) is 96.2 Å². The Kier molecular flexibility index (Phi) is 7.11. The number of hydrogen-bond acceptors (Lipinski definition) is 9. The van der Waals surface area contributed by atoms with Crippen LogP contribution in [0.3, 0.4) is 0 Å². The fourth-order valence-electron chi connectivity index (χ4n) is 5.01. The summed E-state index contributed by atoms with van der Waals surface area (Å²) in [6, 6.07) is 2.14. The van der Waals surface area contributed by atoms with Gasteiger partial charge in [0.25, 0.3) is 0 Å². The maximum Gasteiger partial charge on any atom is 0.410 e. The van der Waals surface area contributed by atoms with Crippen molar-refractivity contribution >= 4 is 45.1 Å². The Balaban J connectivity index is 1.25. The highest BCUT2D eigenvalue weighted by Crippen LogP contribution is 2.36. The topological polar surface area (TPSA) is 80.3 Å². The van der Waals surface area contributed by atoms with Crippen LogP contribution in [0.25, 0.3) is 10.2 Å². The van der Waals surface area contributed by atoms with Gasteiger partial charge in [0.05, 0.1) is 35.6 Å². The summed E-state index contributed by atoms with van der Waals surface area (Å²) < 4.78 is 18.4. The van der Waals surface area contributed by atoms with Gasteiger partial charge in [-0.15, -0.1) is 11.3 Å². The molecule has 0 aliphatic carbocycles. The minimum absolute atomic E-state index is 0.213. The lowest BCUT2D eigenvalue weighted by Gasteiger charge is -2.47. The molecule has 0 bridgehead atoms. The number of nitrogens with zero attached hydrogens (tertiary/aromatic N) is 5. The van der Waals surface area contributed by atoms with Crippen LogP contribution in [0.4, 0.5) is 10.6 Å². The fraction of sp³-hybridized carbons (Fsp3) is 0.708. The lowest BCUT2D eigenvalue weighted by molar-refractivity contribution is -0.136. The van der Waals surface area contributed by atoms with Crippen molar-refractivity contribution in [3.05, 3.63) is 16.2 Å². The van der Waals surface area contributed by atoms with Gasteiger partial charge in [0, 0.05) is 50.7 Å². The Morgan fingerprint density at radius 2 is 1.89 bits per heavy atom. The standard InChI is InChI=1S/C24H34ClN5O4S/c1-23(2,3)34-22(31)30-6-4-24(5-7-30)16-28(8-13-33-24)15-17-14-18-19(35-17)20(27-21(25)26-18)29-9-11-32-12-10-29/h14H,4-13,15-16H2,1-3H3. The summed E-state index contributed by atoms with van der Waals surface area (Å²) in [4.78, 5) is 29.3. The number of piperidine rings is 1. The average Bonchev–Trinajstić information content (AvgIpc) is 3.20. The predicted octanol–water partition coefficient (Wildman–Crippen LogP) is 3.78. The van der Waals surface area contributed by atoms with Crippen LogP contribution >= 0.6 is 22.9 Å². The van der Waals surface area contributed by atoms with Crippen molar-refractivity contribution in [2.45, 2.75) is 51.4 Å². The van der Waals surface area contributed by atoms with Crippen molar-refractivity contribution in [1.29, 1.82) is 0 Å². The maximum absolute atomic E-state index is 12.5. The quantitative estimate of drug-likeness (QED) is 0.562. The van der Waals surface area contributed by atoms with E-state index >= 15 is 0 Å². The molecular formula is C24H34ClN5O4S. The van der Waals surface area contributed by atoms with Crippen LogP contribution in [0, 0.1) is 0 Å². The molecule has 0 N–H and O–H groups in total. The molecule has 0 saturated carbocycles. The first-order valence-corrected chi connectivity index (χ1v) is 13.5. The van der Waals surface area contributed by atoms with Crippen molar-refractivity contribution in [2.75, 3.05) is 64.0 Å². The molecule has 2 aromatic rings. The number of anilines is 1. The first kappa shape index (κ1) is 25.0. The van der Waals surface area contributed by atoms with Crippen LogP contribution < -0.4 is 4.90 Å². The number of likely N-dealkylation sites (tertiary alicyclic amines) is 1. The third-order valence-corrected chi connectivity index (χ3v) is 8.00. The second kappa shape index (κ2) is 9.97. The van der Waals surface area contributed by atoms with Crippen LogP contribution in [0.1, 0.15) is 38.5 Å². The summed E-state index contributed by atoms with van der Waals surface area (Å²) in [6.45, 7) is 13.3. The van der Waals surface area contributed by atoms with Gasteiger partial charge < -0.3 is 24.0 Å². The minimum atomic E-state index is -0.481. The summed E-state index contributed by atoms with van der Waals surface area (Å²) in [5, 5.41) is 0.283. The number of halogens is 1. The van der Waals surface area contributed by atoms with Crippen molar-refractivity contribution < 1.29 is 19.0 Å². The molecule has 11 heteroatoms. The zero-order valence-corrected chi connectivity index (χ0v) is 22.3. The molecule has 5 rings (SSSR count). The summed E-state index contributed by atoms with van der Waals surface area (Å²) in [7, 11) is 0. The zero-order valence-electron chi connectivity index (χ0n) is 20.7. The molecule has 9 nitrogen and oxygen atoms in total. The van der Waals surface area contributed by atoms with E-state index in [0.717, 1.165) is 61.6 Å². The Morgan fingerprint density at radius 3 is 2.60 bits per heavy atom. The van der Waals surface area contributed by atoms with Crippen molar-refractivity contribution in [1.82, 2.24) is 19.8 Å². The molecule has 2 aromatic heterocycles. The van der Waals surface area contributed by atoms with Gasteiger partial charge in [0.15, 0.2) is 5.82 Å². The van der Waals surface area contributed by atoms with Gasteiger partial charge in [0.2, 0.25) is 5.28 Å². The summed E-state index contributed by atoms with van der Waals surface area (Å²) in [5.41, 5.74) is 0.209. The Morgan fingerprint density at radius 1 is 1.14 bits per heavy atom. The number of hydrogen-bond donors (Lipinski definition) is 0. The summed E-state index contributed by atoms with van der Waals surface area (Å²) in [6.07, 6.45) is 1.40. The second-order valence-corrected chi connectivity index (χ2v) is 12.0. The average molecular weight is 524 g/mol. The third kappa shape index (κ3) is 5.83. The van der Waals surface area contributed by atoms with E-state index in [9.17, 15) is 4.79 Å². The molecule has 35 heavy (non-hydrogen) atoms. The van der Waals surface area contributed by atoms with E-state index in [1.807, 2.05) is 20.8 Å². The smallest absolute Gasteiger partial charge is 0.410 e. The normalized spacial score (nSPS) is 21.6. The van der Waals surface area contributed by atoms with Crippen molar-refractivity contribution in [3.63, 3.8) is 0 Å². The summed E-state index contributed by atoms with van der Waals surface area (Å²) >= 11 is 8.02. The lowest BCUT2D eigenvalue weighted by atomic mass is 9.89. The van der Waals surface area contributed by atoms with E-state index < -0.39 is 5.60 Å². The monoisotopic (exact) mass is 523 g/mol. The SMILES string of the molecule is CC(C)(C)OC(=O)N1CCC2(CC1)CN(Cc1cc3nc(Cl)nc(N4CCOCC4)c3s1)CCO2. The van der Waals surface area contributed by atoms with Gasteiger partial charge in [-0.1, -0.05) is 0 Å². The molecule has 0 aromatic carbocycles. The zero-order chi connectivity index (χ0) is 24.6. The highest BCUT2D eigenvalue weighted by molar-refractivity contribution is 7.19. The van der Waals surface area contributed by atoms with E-state index in [1.165, 1.54) is 4.88 Å². The number of ether oxygens (including phenoxy) is 3. The first-order valence-electron chi connectivity index (χ1n) is 12.3. The van der Waals surface area contributed by atoms with E-state index in [-0.39, 0.29) is 17.0 Å². The molecule has 5 heterocycles. The fourth-order valence-corrected chi connectivity index (χ4v) is 6.33. The molecule has 3 saturated heterocycles. The van der Waals surface area contributed by atoms with Crippen molar-refractivity contribution in [2.24, 2.45) is 0 Å². The van der Waals surface area contributed by atoms with Crippen LogP contribution in [0.5, 0.6) is 0 Å². The number of carbonyl (C=O) groups is 1. The van der Waals surface area contributed by atoms with E-state index in [2.05, 4.69) is 25.8 Å². The molecule has 0 unspecified atom stereocenters. The van der Waals surface area contributed by atoms with Crippen LogP contribution in [0.2, 0.25) is 5.28 Å². The van der Waals surface area contributed by atoms with Crippen LogP contribution in [-0.2, 0) is 20.8 Å². The molecule has 1 spiro atoms. The lowest BCUT2D eigenvalue weighted by Crippen LogP contribution is -2.57. The number of fused-ring (bicyclic) bond motifs is 1. The van der Waals surface area contributed by atoms with Gasteiger partial charge in [-0.25, -0.2) is 9.78 Å². The highest BCUT2D eigenvalue weighted by Gasteiger charge is 2.41. The molecule has 1 amide bonds. The Labute approximate surface area is 215 Å². The summed E-state index contributed by atoms with van der Waals surface area (Å²) in [5.74, 6) is 0.910. The maximum atomic E-state index is 12.5. The van der Waals surface area contributed by atoms with Gasteiger partial charge in [-0.3, -0.25) is 4.90 Å². The van der Waals surface area contributed by atoms with Crippen molar-refractivity contribution in [3.8, 4) is 0 Å². The molecule has 0 atom stereocenters. The number of amides is 1. The van der Waals surface area contributed by atoms with Gasteiger partial charge in [-0.05, 0) is 51.3 Å². The number of carbonyl (C=O) groups excluding carboxylic acids is 1. The minimum Gasteiger partial charge on any atom is -0.444 e. The number of morpholine rings is 2. The molecule has 3 aliphatic rings. The van der Waals surface area contributed by atoms with Gasteiger partial charge >= 0.3 is 6.09 Å². The first-order chi connectivity index (χ1) is 16.7. The number of rotatable bonds is 3.